The number of para-hydroxylation sites is 1. The van der Waals surface area contributed by atoms with Gasteiger partial charge in [-0.15, -0.1) is 0 Å². The molecule has 0 amide bonds. The van der Waals surface area contributed by atoms with E-state index in [4.69, 9.17) is 0 Å². The molecule has 106 valence electrons. The molecule has 0 aliphatic heterocycles. The molecule has 19 heavy (non-hydrogen) atoms. The van der Waals surface area contributed by atoms with Crippen LogP contribution >= 0.6 is 0 Å². The molecule has 2 atom stereocenters. The van der Waals surface area contributed by atoms with E-state index >= 15 is 0 Å². The smallest absolute Gasteiger partial charge is 0.146 e. The Balaban J connectivity index is 2.25. The zero-order valence-electron chi connectivity index (χ0n) is 12.0. The highest BCUT2D eigenvalue weighted by atomic mass is 19.1. The van der Waals surface area contributed by atoms with Crippen molar-refractivity contribution in [2.24, 2.45) is 11.3 Å². The summed E-state index contributed by atoms with van der Waals surface area (Å²) < 4.78 is 13.8. The molecule has 2 N–H and O–H groups in total. The van der Waals surface area contributed by atoms with Crippen LogP contribution in [0.5, 0.6) is 0 Å². The molecular weight excluding hydrogens is 241 g/mol. The molecule has 0 radical (unpaired) electrons. The molecule has 1 aromatic carbocycles. The van der Waals surface area contributed by atoms with Gasteiger partial charge in [0, 0.05) is 0 Å². The van der Waals surface area contributed by atoms with Gasteiger partial charge in [-0.1, -0.05) is 32.9 Å². The van der Waals surface area contributed by atoms with Crippen LogP contribution in [0.2, 0.25) is 0 Å². The first-order chi connectivity index (χ1) is 8.86. The fraction of sp³-hybridized carbons (Fsp3) is 0.625. The van der Waals surface area contributed by atoms with Crippen LogP contribution in [-0.2, 0) is 0 Å². The van der Waals surface area contributed by atoms with Crippen molar-refractivity contribution in [2.75, 3.05) is 11.9 Å². The second-order valence-electron chi connectivity index (χ2n) is 6.90. The van der Waals surface area contributed by atoms with E-state index in [9.17, 15) is 9.50 Å². The molecule has 1 fully saturated rings. The summed E-state index contributed by atoms with van der Waals surface area (Å²) in [5, 5.41) is 13.1. The normalized spacial score (nSPS) is 30.1. The summed E-state index contributed by atoms with van der Waals surface area (Å²) in [5.74, 6) is 0.265. The molecule has 1 aliphatic rings. The van der Waals surface area contributed by atoms with E-state index < -0.39 is 5.54 Å². The minimum absolute atomic E-state index is 0.0368. The maximum atomic E-state index is 13.8. The predicted octanol–water partition coefficient (Wildman–Crippen LogP) is 3.81. The summed E-state index contributed by atoms with van der Waals surface area (Å²) in [6.45, 7) is 6.68. The van der Waals surface area contributed by atoms with Crippen molar-refractivity contribution in [1.82, 2.24) is 0 Å². The Labute approximate surface area is 115 Å². The minimum atomic E-state index is -0.413. The summed E-state index contributed by atoms with van der Waals surface area (Å²) in [6.07, 6.45) is 2.88. The highest BCUT2D eigenvalue weighted by molar-refractivity contribution is 5.47. The molecule has 2 nitrogen and oxygen atoms in total. The fourth-order valence-electron chi connectivity index (χ4n) is 3.85. The average Bonchev–Trinajstić information content (AvgIpc) is 2.29. The molecule has 0 aromatic heterocycles. The summed E-state index contributed by atoms with van der Waals surface area (Å²) in [5.41, 5.74) is 0.239. The van der Waals surface area contributed by atoms with Crippen molar-refractivity contribution in [3.63, 3.8) is 0 Å². The molecule has 2 unspecified atom stereocenters. The fourth-order valence-corrected chi connectivity index (χ4v) is 3.85. The Hall–Kier alpha value is -1.09. The SMILES string of the molecule is CC1CC(C)(C)CC(CO)(Nc2ccccc2F)C1. The lowest BCUT2D eigenvalue weighted by atomic mass is 9.64. The van der Waals surface area contributed by atoms with Gasteiger partial charge >= 0.3 is 0 Å². The van der Waals surface area contributed by atoms with Gasteiger partial charge in [0.1, 0.15) is 5.82 Å². The third-order valence-electron chi connectivity index (χ3n) is 4.03. The predicted molar refractivity (Wildman–Crippen MR) is 76.6 cm³/mol. The Bertz CT molecular complexity index is 446. The van der Waals surface area contributed by atoms with E-state index in [2.05, 4.69) is 26.1 Å². The van der Waals surface area contributed by atoms with Gasteiger partial charge in [-0.3, -0.25) is 0 Å². The molecule has 0 saturated heterocycles. The van der Waals surface area contributed by atoms with Crippen LogP contribution < -0.4 is 5.32 Å². The van der Waals surface area contributed by atoms with Crippen molar-refractivity contribution < 1.29 is 9.50 Å². The molecule has 1 saturated carbocycles. The first-order valence-electron chi connectivity index (χ1n) is 6.99. The van der Waals surface area contributed by atoms with Gasteiger partial charge in [-0.05, 0) is 42.7 Å². The number of anilines is 1. The Morgan fingerprint density at radius 1 is 1.32 bits per heavy atom. The monoisotopic (exact) mass is 265 g/mol. The van der Waals surface area contributed by atoms with Crippen LogP contribution in [0.15, 0.2) is 24.3 Å². The maximum absolute atomic E-state index is 13.8. The van der Waals surface area contributed by atoms with Gasteiger partial charge in [0.2, 0.25) is 0 Å². The zero-order chi connectivity index (χ0) is 14.1. The number of hydrogen-bond donors (Lipinski definition) is 2. The Morgan fingerprint density at radius 2 is 2.00 bits per heavy atom. The second kappa shape index (κ2) is 5.12. The standard InChI is InChI=1S/C16H24FNO/c1-12-8-15(2,3)10-16(9-12,11-19)18-14-7-5-4-6-13(14)17/h4-7,12,18-19H,8-11H2,1-3H3. The average molecular weight is 265 g/mol. The van der Waals surface area contributed by atoms with E-state index in [-0.39, 0.29) is 17.8 Å². The lowest BCUT2D eigenvalue weighted by Gasteiger charge is -2.47. The quantitative estimate of drug-likeness (QED) is 0.871. The number of halogens is 1. The molecule has 1 aliphatic carbocycles. The largest absolute Gasteiger partial charge is 0.394 e. The van der Waals surface area contributed by atoms with Crippen molar-refractivity contribution in [1.29, 1.82) is 0 Å². The van der Waals surface area contributed by atoms with Crippen LogP contribution in [0.1, 0.15) is 40.0 Å². The van der Waals surface area contributed by atoms with Crippen molar-refractivity contribution in [3.8, 4) is 0 Å². The number of aliphatic hydroxyl groups is 1. The van der Waals surface area contributed by atoms with Gasteiger partial charge in [0.05, 0.1) is 17.8 Å². The van der Waals surface area contributed by atoms with Crippen LogP contribution in [0, 0.1) is 17.2 Å². The third kappa shape index (κ3) is 3.27. The van der Waals surface area contributed by atoms with Crippen molar-refractivity contribution in [3.05, 3.63) is 30.1 Å². The Morgan fingerprint density at radius 3 is 2.58 bits per heavy atom. The highest BCUT2D eigenvalue weighted by Crippen LogP contribution is 2.45. The first-order valence-corrected chi connectivity index (χ1v) is 6.99. The van der Waals surface area contributed by atoms with Crippen molar-refractivity contribution in [2.45, 2.75) is 45.6 Å². The Kier molecular flexibility index (Phi) is 3.86. The lowest BCUT2D eigenvalue weighted by molar-refractivity contribution is 0.0747. The number of nitrogens with one attached hydrogen (secondary N) is 1. The van der Waals surface area contributed by atoms with Crippen LogP contribution in [0.4, 0.5) is 10.1 Å². The molecule has 0 heterocycles. The third-order valence-corrected chi connectivity index (χ3v) is 4.03. The minimum Gasteiger partial charge on any atom is -0.394 e. The molecule has 0 bridgehead atoms. The van der Waals surface area contributed by atoms with Crippen LogP contribution in [0.3, 0.4) is 0 Å². The number of rotatable bonds is 3. The van der Waals surface area contributed by atoms with Gasteiger partial charge in [0.15, 0.2) is 0 Å². The molecule has 3 heteroatoms. The maximum Gasteiger partial charge on any atom is 0.146 e. The first kappa shape index (κ1) is 14.3. The lowest BCUT2D eigenvalue weighted by Crippen LogP contribution is -2.50. The summed E-state index contributed by atoms with van der Waals surface area (Å²) in [4.78, 5) is 0. The van der Waals surface area contributed by atoms with Gasteiger partial charge in [-0.2, -0.15) is 0 Å². The van der Waals surface area contributed by atoms with E-state index in [1.807, 2.05) is 6.07 Å². The molecule has 0 spiro atoms. The summed E-state index contributed by atoms with van der Waals surface area (Å²) in [6, 6.07) is 6.68. The van der Waals surface area contributed by atoms with E-state index in [1.165, 1.54) is 6.07 Å². The summed E-state index contributed by atoms with van der Waals surface area (Å²) in [7, 11) is 0. The number of hydrogen-bond acceptors (Lipinski definition) is 2. The molecular formula is C16H24FNO. The van der Waals surface area contributed by atoms with Crippen molar-refractivity contribution >= 4 is 5.69 Å². The number of aliphatic hydroxyl groups excluding tert-OH is 1. The van der Waals surface area contributed by atoms with Crippen LogP contribution in [-0.4, -0.2) is 17.3 Å². The van der Waals surface area contributed by atoms with E-state index in [0.717, 1.165) is 19.3 Å². The van der Waals surface area contributed by atoms with E-state index in [0.29, 0.717) is 11.6 Å². The van der Waals surface area contributed by atoms with Gasteiger partial charge < -0.3 is 10.4 Å². The number of benzene rings is 1. The molecule has 1 aromatic rings. The van der Waals surface area contributed by atoms with Crippen LogP contribution in [0.25, 0.3) is 0 Å². The summed E-state index contributed by atoms with van der Waals surface area (Å²) >= 11 is 0. The van der Waals surface area contributed by atoms with Gasteiger partial charge in [0.25, 0.3) is 0 Å². The zero-order valence-corrected chi connectivity index (χ0v) is 12.0. The van der Waals surface area contributed by atoms with E-state index in [1.54, 1.807) is 12.1 Å². The second-order valence-corrected chi connectivity index (χ2v) is 6.90. The topological polar surface area (TPSA) is 32.3 Å². The van der Waals surface area contributed by atoms with Gasteiger partial charge in [-0.25, -0.2) is 4.39 Å². The highest BCUT2D eigenvalue weighted by Gasteiger charge is 2.42. The molecule has 2 rings (SSSR count).